The minimum absolute atomic E-state index is 0.0926. The monoisotopic (exact) mass is 479 g/mol. The molecule has 3 saturated heterocycles. The zero-order valence-corrected chi connectivity index (χ0v) is 18.6. The summed E-state index contributed by atoms with van der Waals surface area (Å²) in [7, 11) is 0. The third-order valence-corrected chi connectivity index (χ3v) is 6.92. The van der Waals surface area contributed by atoms with E-state index in [1.165, 1.54) is 12.1 Å². The van der Waals surface area contributed by atoms with Crippen LogP contribution in [0, 0.1) is 0 Å². The van der Waals surface area contributed by atoms with Gasteiger partial charge in [0, 0.05) is 43.2 Å². The molecule has 184 valence electrons. The maximum absolute atomic E-state index is 13.0. The van der Waals surface area contributed by atoms with Crippen LogP contribution in [0.15, 0.2) is 30.3 Å². The number of carbonyl (C=O) groups is 1. The number of nitrogens with one attached hydrogen (secondary N) is 2. The number of anilines is 1. The number of H-pyrrole nitrogens is 1. The van der Waals surface area contributed by atoms with E-state index < -0.39 is 11.7 Å². The molecule has 3 atom stereocenters. The summed E-state index contributed by atoms with van der Waals surface area (Å²) in [6, 6.07) is 7.47. The van der Waals surface area contributed by atoms with E-state index in [1.54, 1.807) is 4.90 Å². The van der Waals surface area contributed by atoms with Crippen LogP contribution in [0.3, 0.4) is 0 Å². The Balaban J connectivity index is 1.43. The van der Waals surface area contributed by atoms with Gasteiger partial charge in [-0.3, -0.25) is 14.8 Å². The van der Waals surface area contributed by atoms with Crippen molar-refractivity contribution in [3.63, 3.8) is 0 Å². The van der Waals surface area contributed by atoms with Gasteiger partial charge < -0.3 is 19.7 Å². The van der Waals surface area contributed by atoms with Gasteiger partial charge in [-0.25, -0.2) is 0 Å². The number of morpholine rings is 1. The van der Waals surface area contributed by atoms with Gasteiger partial charge in [0.1, 0.15) is 5.82 Å². The quantitative estimate of drug-likeness (QED) is 0.620. The van der Waals surface area contributed by atoms with Gasteiger partial charge in [-0.05, 0) is 24.1 Å². The molecule has 8 nitrogen and oxygen atoms in total. The van der Waals surface area contributed by atoms with E-state index >= 15 is 0 Å². The molecule has 5 rings (SSSR count). The number of hydrogen-bond donors (Lipinski definition) is 2. The Morgan fingerprint density at radius 3 is 2.47 bits per heavy atom. The molecule has 2 aromatic rings. The second-order valence-corrected chi connectivity index (χ2v) is 9.11. The van der Waals surface area contributed by atoms with Gasteiger partial charge in [0.25, 0.3) is 0 Å². The molecule has 1 aromatic heterocycles. The van der Waals surface area contributed by atoms with E-state index in [0.717, 1.165) is 35.6 Å². The summed E-state index contributed by atoms with van der Waals surface area (Å²) in [5, 5.41) is 10.9. The van der Waals surface area contributed by atoms with Crippen molar-refractivity contribution in [3.05, 3.63) is 47.2 Å². The molecule has 3 aliphatic heterocycles. The fourth-order valence-electron chi connectivity index (χ4n) is 5.11. The first-order chi connectivity index (χ1) is 16.4. The highest BCUT2D eigenvalue weighted by atomic mass is 19.4. The molecule has 3 fully saturated rings. The van der Waals surface area contributed by atoms with Crippen molar-refractivity contribution in [1.29, 1.82) is 0 Å². The normalized spacial score (nSPS) is 26.8. The molecule has 34 heavy (non-hydrogen) atoms. The molecule has 1 amide bonds. The summed E-state index contributed by atoms with van der Waals surface area (Å²) in [4.78, 5) is 16.2. The van der Waals surface area contributed by atoms with Crippen molar-refractivity contribution >= 4 is 12.2 Å². The van der Waals surface area contributed by atoms with Crippen molar-refractivity contribution in [3.8, 4) is 0 Å². The van der Waals surface area contributed by atoms with Crippen LogP contribution in [0.25, 0.3) is 0 Å². The zero-order valence-electron chi connectivity index (χ0n) is 18.6. The molecular weight excluding hydrogens is 451 g/mol. The lowest BCUT2D eigenvalue weighted by Gasteiger charge is -2.48. The summed E-state index contributed by atoms with van der Waals surface area (Å²) < 4.78 is 49.9. The molecule has 3 aliphatic rings. The second-order valence-electron chi connectivity index (χ2n) is 9.11. The fraction of sp³-hybridized carbons (Fsp3) is 0.565. The third kappa shape index (κ3) is 4.77. The van der Waals surface area contributed by atoms with Crippen LogP contribution in [-0.4, -0.2) is 84.7 Å². The first-order valence-electron chi connectivity index (χ1n) is 11.5. The molecule has 0 bridgehead atoms. The Bertz CT molecular complexity index is 973. The largest absolute Gasteiger partial charge is 0.416 e. The lowest BCUT2D eigenvalue weighted by molar-refractivity contribution is -0.137. The number of halogens is 3. The number of likely N-dealkylation sites (tertiary alicyclic amines) is 1. The predicted molar refractivity (Wildman–Crippen MR) is 117 cm³/mol. The number of rotatable bonds is 6. The van der Waals surface area contributed by atoms with E-state index in [1.807, 2.05) is 6.07 Å². The Morgan fingerprint density at radius 1 is 1.12 bits per heavy atom. The molecule has 2 N–H and O–H groups in total. The highest BCUT2D eigenvalue weighted by molar-refractivity contribution is 5.50. The molecule has 4 heterocycles. The van der Waals surface area contributed by atoms with Crippen LogP contribution in [0.1, 0.15) is 35.1 Å². The minimum Gasteiger partial charge on any atom is -0.379 e. The molecule has 11 heteroatoms. The maximum Gasteiger partial charge on any atom is 0.416 e. The van der Waals surface area contributed by atoms with Gasteiger partial charge >= 0.3 is 6.18 Å². The fourth-order valence-corrected chi connectivity index (χ4v) is 5.11. The summed E-state index contributed by atoms with van der Waals surface area (Å²) >= 11 is 0. The van der Waals surface area contributed by atoms with Gasteiger partial charge in [-0.1, -0.05) is 12.1 Å². The second kappa shape index (κ2) is 9.55. The van der Waals surface area contributed by atoms with Crippen LogP contribution in [0.4, 0.5) is 19.0 Å². The van der Waals surface area contributed by atoms with Crippen LogP contribution >= 0.6 is 0 Å². The van der Waals surface area contributed by atoms with Gasteiger partial charge in [0.2, 0.25) is 6.41 Å². The highest BCUT2D eigenvalue weighted by Crippen LogP contribution is 2.41. The number of aromatic nitrogens is 2. The van der Waals surface area contributed by atoms with Crippen LogP contribution in [0.5, 0.6) is 0 Å². The number of ether oxygens (including phenoxy) is 2. The Morgan fingerprint density at radius 2 is 1.85 bits per heavy atom. The first kappa shape index (κ1) is 23.1. The van der Waals surface area contributed by atoms with E-state index in [2.05, 4.69) is 20.4 Å². The molecule has 0 saturated carbocycles. The van der Waals surface area contributed by atoms with Crippen molar-refractivity contribution in [2.24, 2.45) is 0 Å². The van der Waals surface area contributed by atoms with Gasteiger partial charge in [-0.2, -0.15) is 18.3 Å². The van der Waals surface area contributed by atoms with Crippen molar-refractivity contribution in [1.82, 2.24) is 20.0 Å². The summed E-state index contributed by atoms with van der Waals surface area (Å²) in [5.41, 5.74) is 1.00. The van der Waals surface area contributed by atoms with Gasteiger partial charge in [0.05, 0.1) is 44.2 Å². The number of alkyl halides is 3. The lowest BCUT2D eigenvalue weighted by atomic mass is 9.80. The van der Waals surface area contributed by atoms with Crippen LogP contribution in [0.2, 0.25) is 0 Å². The molecule has 0 radical (unpaired) electrons. The summed E-state index contributed by atoms with van der Waals surface area (Å²) in [6.07, 6.45) is -3.04. The highest BCUT2D eigenvalue weighted by Gasteiger charge is 2.42. The van der Waals surface area contributed by atoms with Crippen molar-refractivity contribution < 1.29 is 27.4 Å². The number of amides is 1. The third-order valence-electron chi connectivity index (χ3n) is 6.92. The molecular formula is C23H28F3N5O3. The number of piperidine rings is 1. The van der Waals surface area contributed by atoms with E-state index in [-0.39, 0.29) is 24.0 Å². The molecule has 0 spiro atoms. The van der Waals surface area contributed by atoms with Crippen molar-refractivity contribution in [2.75, 3.05) is 51.4 Å². The maximum atomic E-state index is 13.0. The summed E-state index contributed by atoms with van der Waals surface area (Å²) in [6.45, 7) is 4.30. The number of carbonyl (C=O) groups excluding carboxylic acids is 1. The van der Waals surface area contributed by atoms with E-state index in [4.69, 9.17) is 9.47 Å². The van der Waals surface area contributed by atoms with E-state index in [9.17, 15) is 18.0 Å². The molecule has 1 aromatic carbocycles. The molecule has 0 aliphatic carbocycles. The smallest absolute Gasteiger partial charge is 0.379 e. The number of hydrogen-bond acceptors (Lipinski definition) is 6. The Kier molecular flexibility index (Phi) is 6.50. The zero-order chi connectivity index (χ0) is 23.7. The number of aromatic amines is 1. The first-order valence-corrected chi connectivity index (χ1v) is 11.5. The standard InChI is InChI=1S/C23H28F3N5O3/c24-23(25,26)17-3-1-15(2-4-17)16-9-19(20-10-21(29-28-20)27-18-12-34-13-18)22(31(11-16)14-32)30-5-7-33-8-6-30/h1-4,10,14,16,18-19,22H,5-9,11-13H2,(H2,27,28,29). The average Bonchev–Trinajstić information content (AvgIpc) is 3.29. The van der Waals surface area contributed by atoms with Crippen LogP contribution < -0.4 is 5.32 Å². The Labute approximate surface area is 195 Å². The minimum atomic E-state index is -4.38. The Hall–Kier alpha value is -2.63. The molecule has 3 unspecified atom stereocenters. The lowest BCUT2D eigenvalue weighted by Crippen LogP contribution is -2.58. The predicted octanol–water partition coefficient (Wildman–Crippen LogP) is 2.63. The SMILES string of the molecule is O=CN1CC(c2ccc(C(F)(F)F)cc2)CC(c2cc(NC3COC3)n[nH]2)C1N1CCOCC1. The topological polar surface area (TPSA) is 82.7 Å². The van der Waals surface area contributed by atoms with Gasteiger partial charge in [-0.15, -0.1) is 0 Å². The van der Waals surface area contributed by atoms with Crippen LogP contribution in [-0.2, 0) is 20.4 Å². The number of benzene rings is 1. The summed E-state index contributed by atoms with van der Waals surface area (Å²) in [5.74, 6) is 0.526. The average molecular weight is 480 g/mol. The van der Waals surface area contributed by atoms with E-state index in [0.29, 0.717) is 52.5 Å². The van der Waals surface area contributed by atoms with Gasteiger partial charge in [0.15, 0.2) is 0 Å². The van der Waals surface area contributed by atoms with Crippen molar-refractivity contribution in [2.45, 2.75) is 36.6 Å². The number of nitrogens with zero attached hydrogens (tertiary/aromatic N) is 3.